The second kappa shape index (κ2) is 8.16. The van der Waals surface area contributed by atoms with Crippen LogP contribution in [0.5, 0.6) is 17.2 Å². The van der Waals surface area contributed by atoms with E-state index in [1.807, 2.05) is 22.6 Å². The van der Waals surface area contributed by atoms with E-state index in [-0.39, 0.29) is 9.67 Å². The van der Waals surface area contributed by atoms with Crippen LogP contribution < -0.4 is 10.5 Å². The average molecular weight is 651 g/mol. The molecule has 0 spiro atoms. The molecule has 0 aliphatic heterocycles. The lowest BCUT2D eigenvalue weighted by Crippen LogP contribution is -2.33. The molecule has 2 aromatic carbocycles. The van der Waals surface area contributed by atoms with Gasteiger partial charge in [-0.3, -0.25) is 4.79 Å². The molecule has 2 rings (SSSR count). The van der Waals surface area contributed by atoms with Crippen LogP contribution in [0.4, 0.5) is 0 Å². The molecule has 0 saturated carbocycles. The number of phenols is 1. The molecule has 0 heterocycles. The minimum absolute atomic E-state index is 0.192. The van der Waals surface area contributed by atoms with Crippen LogP contribution in [0.2, 0.25) is 0 Å². The van der Waals surface area contributed by atoms with Crippen molar-refractivity contribution in [3.8, 4) is 17.2 Å². The molecule has 0 fully saturated rings. The molecule has 8 heteroatoms. The summed E-state index contributed by atoms with van der Waals surface area (Å²) in [5, 5.41) is 18.5. The van der Waals surface area contributed by atoms with Crippen molar-refractivity contribution < 1.29 is 19.7 Å². The number of benzene rings is 2. The molecule has 23 heavy (non-hydrogen) atoms. The van der Waals surface area contributed by atoms with Gasteiger partial charge >= 0.3 is 5.97 Å². The molecule has 4 N–H and O–H groups in total. The third kappa shape index (κ3) is 4.82. The van der Waals surface area contributed by atoms with Gasteiger partial charge in [-0.2, -0.15) is 0 Å². The van der Waals surface area contributed by atoms with Gasteiger partial charge in [-0.15, -0.1) is 0 Å². The zero-order valence-corrected chi connectivity index (χ0v) is 18.0. The number of halogens is 3. The summed E-state index contributed by atoms with van der Waals surface area (Å²) >= 11 is 6.22. The Labute approximate surface area is 174 Å². The average Bonchev–Trinajstić information content (AvgIpc) is 2.50. The number of carboxylic acid groups (broad SMARTS) is 1. The van der Waals surface area contributed by atoms with Crippen molar-refractivity contribution in [1.29, 1.82) is 0 Å². The van der Waals surface area contributed by atoms with Gasteiger partial charge in [-0.05, 0) is 75.0 Å². The van der Waals surface area contributed by atoms with Crippen molar-refractivity contribution in [2.75, 3.05) is 0 Å². The fourth-order valence-electron chi connectivity index (χ4n) is 1.81. The van der Waals surface area contributed by atoms with Crippen molar-refractivity contribution in [1.82, 2.24) is 0 Å². The Hall–Kier alpha value is -0.340. The largest absolute Gasteiger partial charge is 0.508 e. The minimum atomic E-state index is -1.03. The first-order valence-electron chi connectivity index (χ1n) is 6.38. The summed E-state index contributed by atoms with van der Waals surface area (Å²) in [6.45, 7) is 0. The number of carbonyl (C=O) groups is 1. The highest BCUT2D eigenvalue weighted by molar-refractivity contribution is 14.1. The maximum atomic E-state index is 10.9. The number of aromatic hydroxyl groups is 1. The summed E-state index contributed by atoms with van der Waals surface area (Å²) in [5.74, 6) is 0.461. The number of hydrogen-bond donors (Lipinski definition) is 3. The van der Waals surface area contributed by atoms with Crippen molar-refractivity contribution in [2.24, 2.45) is 5.73 Å². The van der Waals surface area contributed by atoms with Gasteiger partial charge in [0, 0.05) is 0 Å². The normalized spacial score (nSPS) is 13.4. The maximum Gasteiger partial charge on any atom is 0.321 e. The van der Waals surface area contributed by atoms with Crippen LogP contribution in [-0.4, -0.2) is 22.2 Å². The predicted octanol–water partition coefficient (Wildman–Crippen LogP) is 4.28. The van der Waals surface area contributed by atoms with Crippen LogP contribution in [-0.2, 0) is 4.79 Å². The van der Waals surface area contributed by atoms with Crippen LogP contribution in [0.3, 0.4) is 0 Å². The lowest BCUT2D eigenvalue weighted by molar-refractivity contribution is -0.138. The zero-order chi connectivity index (χ0) is 17.1. The number of alkyl halides is 1. The molecule has 0 aromatic heterocycles. The summed E-state index contributed by atoms with van der Waals surface area (Å²) in [7, 11) is 0. The van der Waals surface area contributed by atoms with Gasteiger partial charge in [0.05, 0.1) is 11.1 Å². The molecule has 5 nitrogen and oxygen atoms in total. The van der Waals surface area contributed by atoms with Gasteiger partial charge in [0.15, 0.2) is 5.75 Å². The van der Waals surface area contributed by atoms with E-state index < -0.39 is 12.0 Å². The molecule has 2 atom stereocenters. The molecular weight excluding hydrogens is 639 g/mol. The molecule has 0 amide bonds. The Morgan fingerprint density at radius 3 is 2.13 bits per heavy atom. The highest BCUT2D eigenvalue weighted by Gasteiger charge is 2.23. The number of rotatable bonds is 5. The lowest BCUT2D eigenvalue weighted by Gasteiger charge is -2.15. The standard InChI is InChI=1S/C15H12I3NO4/c16-10-5-8(20)6-11(17)14(10)23-9-3-1-7(2-4-9)12(18)13(19)15(21)22/h1-6,12-13,20H,19H2,(H,21,22)/t12-,13+/m0/s1. The van der Waals surface area contributed by atoms with E-state index in [9.17, 15) is 9.90 Å². The highest BCUT2D eigenvalue weighted by atomic mass is 127. The zero-order valence-electron chi connectivity index (χ0n) is 11.5. The quantitative estimate of drug-likeness (QED) is 0.332. The van der Waals surface area contributed by atoms with Gasteiger partial charge in [0.1, 0.15) is 17.5 Å². The predicted molar refractivity (Wildman–Crippen MR) is 112 cm³/mol. The lowest BCUT2D eigenvalue weighted by atomic mass is 10.1. The number of carboxylic acids is 1. The summed E-state index contributed by atoms with van der Waals surface area (Å²) < 4.78 is 7.14. The molecule has 0 aliphatic rings. The van der Waals surface area contributed by atoms with E-state index in [1.165, 1.54) is 0 Å². The van der Waals surface area contributed by atoms with E-state index in [0.29, 0.717) is 11.5 Å². The minimum Gasteiger partial charge on any atom is -0.508 e. The van der Waals surface area contributed by atoms with Crippen molar-refractivity contribution in [3.05, 3.63) is 49.1 Å². The molecule has 0 aliphatic carbocycles. The first-order valence-corrected chi connectivity index (χ1v) is 9.78. The van der Waals surface area contributed by atoms with Gasteiger partial charge in [0.25, 0.3) is 0 Å². The number of phenolic OH excluding ortho intramolecular Hbond substituents is 1. The second-order valence-electron chi connectivity index (χ2n) is 4.68. The van der Waals surface area contributed by atoms with E-state index >= 15 is 0 Å². The summed E-state index contributed by atoms with van der Waals surface area (Å²) in [6.07, 6.45) is 0. The Kier molecular flexibility index (Phi) is 6.74. The first kappa shape index (κ1) is 19.0. The monoisotopic (exact) mass is 651 g/mol. The van der Waals surface area contributed by atoms with Gasteiger partial charge in [-0.25, -0.2) is 0 Å². The van der Waals surface area contributed by atoms with E-state index in [4.69, 9.17) is 15.6 Å². The molecular formula is C15H12I3NO4. The van der Waals surface area contributed by atoms with Crippen molar-refractivity contribution in [3.63, 3.8) is 0 Å². The molecule has 0 radical (unpaired) electrons. The SMILES string of the molecule is N[C@@H](C(=O)O)[C@@H](I)c1ccc(Oc2c(I)cc(O)cc2I)cc1. The molecule has 122 valence electrons. The highest BCUT2D eigenvalue weighted by Crippen LogP contribution is 2.35. The van der Waals surface area contributed by atoms with E-state index in [2.05, 4.69) is 45.2 Å². The Bertz CT molecular complexity index is 698. The number of ether oxygens (including phenoxy) is 1. The molecule has 2 aromatic rings. The number of aliphatic carboxylic acids is 1. The summed E-state index contributed by atoms with van der Waals surface area (Å²) in [5.41, 5.74) is 6.47. The Morgan fingerprint density at radius 2 is 1.65 bits per heavy atom. The topological polar surface area (TPSA) is 92.8 Å². The van der Waals surface area contributed by atoms with Crippen LogP contribution in [0.15, 0.2) is 36.4 Å². The summed E-state index contributed by atoms with van der Waals surface area (Å²) in [4.78, 5) is 10.9. The summed E-state index contributed by atoms with van der Waals surface area (Å²) in [6, 6.07) is 9.44. The fourth-order valence-corrected chi connectivity index (χ4v) is 4.49. The van der Waals surface area contributed by atoms with E-state index in [1.54, 1.807) is 36.4 Å². The number of hydrogen-bond acceptors (Lipinski definition) is 4. The fraction of sp³-hybridized carbons (Fsp3) is 0.133. The Morgan fingerprint density at radius 1 is 1.13 bits per heavy atom. The van der Waals surface area contributed by atoms with Crippen LogP contribution in [0.1, 0.15) is 9.49 Å². The molecule has 0 unspecified atom stereocenters. The van der Waals surface area contributed by atoms with Gasteiger partial charge in [-0.1, -0.05) is 34.7 Å². The van der Waals surface area contributed by atoms with Crippen LogP contribution in [0.25, 0.3) is 0 Å². The molecule has 0 saturated heterocycles. The second-order valence-corrected chi connectivity index (χ2v) is 8.34. The third-order valence-electron chi connectivity index (χ3n) is 3.00. The Balaban J connectivity index is 2.19. The first-order chi connectivity index (χ1) is 10.8. The number of nitrogens with two attached hydrogens (primary N) is 1. The third-order valence-corrected chi connectivity index (χ3v) is 6.10. The van der Waals surface area contributed by atoms with Crippen molar-refractivity contribution >= 4 is 73.7 Å². The molecule has 0 bridgehead atoms. The maximum absolute atomic E-state index is 10.9. The van der Waals surface area contributed by atoms with Crippen LogP contribution in [0, 0.1) is 7.14 Å². The van der Waals surface area contributed by atoms with Gasteiger partial charge < -0.3 is 20.7 Å². The smallest absolute Gasteiger partial charge is 0.321 e. The van der Waals surface area contributed by atoms with Crippen LogP contribution >= 0.6 is 67.8 Å². The van der Waals surface area contributed by atoms with E-state index in [0.717, 1.165) is 12.7 Å². The van der Waals surface area contributed by atoms with Gasteiger partial charge in [0.2, 0.25) is 0 Å². The van der Waals surface area contributed by atoms with Crippen molar-refractivity contribution in [2.45, 2.75) is 9.97 Å².